The lowest BCUT2D eigenvalue weighted by atomic mass is 10.2. The molecule has 1 aromatic heterocycles. The molecule has 1 saturated heterocycles. The number of halogens is 1. The van der Waals surface area contributed by atoms with E-state index in [1.165, 1.54) is 0 Å². The highest BCUT2D eigenvalue weighted by molar-refractivity contribution is 6.30. The summed E-state index contributed by atoms with van der Waals surface area (Å²) in [5.41, 5.74) is 0.775. The predicted octanol–water partition coefficient (Wildman–Crippen LogP) is 0.301. The van der Waals surface area contributed by atoms with Crippen molar-refractivity contribution < 1.29 is 9.90 Å². The summed E-state index contributed by atoms with van der Waals surface area (Å²) in [5.74, 6) is -0.521. The van der Waals surface area contributed by atoms with E-state index in [2.05, 4.69) is 15.3 Å². The summed E-state index contributed by atoms with van der Waals surface area (Å²) in [5, 5.41) is 12.5. The zero-order chi connectivity index (χ0) is 12.4. The standard InChI is InChI=1S/C10H13ClN4O2/c1-6-4-13-10(14-8(6)11)15-3-2-12-5-7(15)9(16)17/h4,7,12H,2-3,5H2,1H3,(H,16,17)/t7-/m1/s1. The molecule has 0 radical (unpaired) electrons. The van der Waals surface area contributed by atoms with Crippen molar-refractivity contribution in [3.05, 3.63) is 16.9 Å². The summed E-state index contributed by atoms with van der Waals surface area (Å²) in [6, 6.07) is -0.650. The van der Waals surface area contributed by atoms with Gasteiger partial charge in [-0.1, -0.05) is 11.6 Å². The summed E-state index contributed by atoms with van der Waals surface area (Å²) < 4.78 is 0. The first kappa shape index (κ1) is 12.1. The Labute approximate surface area is 104 Å². The molecule has 0 amide bonds. The average molecular weight is 257 g/mol. The first-order valence-electron chi connectivity index (χ1n) is 5.29. The number of aliphatic carboxylic acids is 1. The highest BCUT2D eigenvalue weighted by atomic mass is 35.5. The van der Waals surface area contributed by atoms with Gasteiger partial charge in [0, 0.05) is 31.4 Å². The van der Waals surface area contributed by atoms with Crippen molar-refractivity contribution in [2.24, 2.45) is 0 Å². The van der Waals surface area contributed by atoms with Gasteiger partial charge in [-0.15, -0.1) is 0 Å². The Hall–Kier alpha value is -1.40. The van der Waals surface area contributed by atoms with Crippen LogP contribution in [-0.4, -0.2) is 46.7 Å². The number of hydrogen-bond donors (Lipinski definition) is 2. The van der Waals surface area contributed by atoms with Crippen LogP contribution in [0.2, 0.25) is 5.15 Å². The van der Waals surface area contributed by atoms with Crippen molar-refractivity contribution in [3.63, 3.8) is 0 Å². The van der Waals surface area contributed by atoms with E-state index in [4.69, 9.17) is 16.7 Å². The Morgan fingerprint density at radius 2 is 2.47 bits per heavy atom. The normalized spacial score (nSPS) is 20.4. The molecule has 2 N–H and O–H groups in total. The molecule has 0 saturated carbocycles. The molecule has 1 atom stereocenters. The largest absolute Gasteiger partial charge is 0.480 e. The number of nitrogens with zero attached hydrogens (tertiary/aromatic N) is 3. The lowest BCUT2D eigenvalue weighted by Crippen LogP contribution is -2.55. The minimum atomic E-state index is -0.891. The number of carboxylic acids is 1. The van der Waals surface area contributed by atoms with Gasteiger partial charge in [-0.05, 0) is 6.92 Å². The zero-order valence-electron chi connectivity index (χ0n) is 9.35. The van der Waals surface area contributed by atoms with Gasteiger partial charge >= 0.3 is 5.97 Å². The first-order chi connectivity index (χ1) is 8.09. The number of aryl methyl sites for hydroxylation is 1. The highest BCUT2D eigenvalue weighted by Crippen LogP contribution is 2.18. The van der Waals surface area contributed by atoms with Crippen molar-refractivity contribution in [2.75, 3.05) is 24.5 Å². The van der Waals surface area contributed by atoms with Gasteiger partial charge in [-0.25, -0.2) is 14.8 Å². The van der Waals surface area contributed by atoms with Gasteiger partial charge in [-0.3, -0.25) is 0 Å². The molecule has 0 unspecified atom stereocenters. The molecule has 92 valence electrons. The van der Waals surface area contributed by atoms with Gasteiger partial charge in [0.25, 0.3) is 0 Å². The number of rotatable bonds is 2. The molecule has 0 aromatic carbocycles. The van der Waals surface area contributed by atoms with Crippen LogP contribution in [0.15, 0.2) is 6.20 Å². The number of aromatic nitrogens is 2. The number of nitrogens with one attached hydrogen (secondary N) is 1. The van der Waals surface area contributed by atoms with E-state index in [1.807, 2.05) is 0 Å². The lowest BCUT2D eigenvalue weighted by Gasteiger charge is -2.33. The fraction of sp³-hybridized carbons (Fsp3) is 0.500. The van der Waals surface area contributed by atoms with Crippen LogP contribution in [0.3, 0.4) is 0 Å². The van der Waals surface area contributed by atoms with Crippen LogP contribution < -0.4 is 10.2 Å². The van der Waals surface area contributed by atoms with Gasteiger partial charge < -0.3 is 15.3 Å². The van der Waals surface area contributed by atoms with Crippen molar-refractivity contribution >= 4 is 23.5 Å². The smallest absolute Gasteiger partial charge is 0.327 e. The van der Waals surface area contributed by atoms with Gasteiger partial charge in [0.2, 0.25) is 5.95 Å². The third kappa shape index (κ3) is 2.48. The summed E-state index contributed by atoms with van der Waals surface area (Å²) in [7, 11) is 0. The second kappa shape index (κ2) is 4.85. The molecule has 0 aliphatic carbocycles. The quantitative estimate of drug-likeness (QED) is 0.741. The monoisotopic (exact) mass is 256 g/mol. The van der Waals surface area contributed by atoms with Crippen LogP contribution >= 0.6 is 11.6 Å². The van der Waals surface area contributed by atoms with E-state index in [-0.39, 0.29) is 0 Å². The van der Waals surface area contributed by atoms with Crippen molar-refractivity contribution in [1.82, 2.24) is 15.3 Å². The van der Waals surface area contributed by atoms with Crippen LogP contribution in [0, 0.1) is 6.92 Å². The molecule has 1 fully saturated rings. The number of anilines is 1. The molecule has 2 rings (SSSR count). The Morgan fingerprint density at radius 3 is 3.12 bits per heavy atom. The van der Waals surface area contributed by atoms with Crippen molar-refractivity contribution in [2.45, 2.75) is 13.0 Å². The third-order valence-electron chi connectivity index (χ3n) is 2.68. The van der Waals surface area contributed by atoms with Crippen LogP contribution in [-0.2, 0) is 4.79 Å². The van der Waals surface area contributed by atoms with E-state index < -0.39 is 12.0 Å². The number of piperazine rings is 1. The van der Waals surface area contributed by atoms with Gasteiger partial charge in [0.1, 0.15) is 11.2 Å². The Kier molecular flexibility index (Phi) is 3.44. The molecule has 1 aromatic rings. The van der Waals surface area contributed by atoms with E-state index in [0.717, 1.165) is 5.56 Å². The Morgan fingerprint density at radius 1 is 1.71 bits per heavy atom. The minimum absolute atomic E-state index is 0.359. The van der Waals surface area contributed by atoms with Gasteiger partial charge in [-0.2, -0.15) is 0 Å². The molecule has 17 heavy (non-hydrogen) atoms. The zero-order valence-corrected chi connectivity index (χ0v) is 10.1. The SMILES string of the molecule is Cc1cnc(N2CCNC[C@@H]2C(=O)O)nc1Cl. The summed E-state index contributed by atoms with van der Waals surface area (Å²) in [6.07, 6.45) is 1.60. The molecule has 0 spiro atoms. The minimum Gasteiger partial charge on any atom is -0.480 e. The molecule has 2 heterocycles. The molecule has 1 aliphatic rings. The van der Waals surface area contributed by atoms with E-state index in [0.29, 0.717) is 30.7 Å². The molecule has 7 heteroatoms. The average Bonchev–Trinajstić information content (AvgIpc) is 2.32. The second-order valence-electron chi connectivity index (χ2n) is 3.90. The van der Waals surface area contributed by atoms with E-state index >= 15 is 0 Å². The maximum atomic E-state index is 11.1. The summed E-state index contributed by atoms with van der Waals surface area (Å²) >= 11 is 5.92. The summed E-state index contributed by atoms with van der Waals surface area (Å²) in [4.78, 5) is 21.0. The molecule has 0 bridgehead atoms. The summed E-state index contributed by atoms with van der Waals surface area (Å²) in [6.45, 7) is 3.44. The molecule has 1 aliphatic heterocycles. The number of carboxylic acid groups (broad SMARTS) is 1. The maximum absolute atomic E-state index is 11.1. The van der Waals surface area contributed by atoms with E-state index in [1.54, 1.807) is 18.0 Å². The number of hydrogen-bond acceptors (Lipinski definition) is 5. The predicted molar refractivity (Wildman–Crippen MR) is 63.4 cm³/mol. The van der Waals surface area contributed by atoms with Gasteiger partial charge in [0.05, 0.1) is 0 Å². The maximum Gasteiger partial charge on any atom is 0.327 e. The topological polar surface area (TPSA) is 78.4 Å². The Balaban J connectivity index is 2.29. The van der Waals surface area contributed by atoms with Crippen molar-refractivity contribution in [3.8, 4) is 0 Å². The molecular weight excluding hydrogens is 244 g/mol. The number of carbonyl (C=O) groups is 1. The lowest BCUT2D eigenvalue weighted by molar-refractivity contribution is -0.138. The van der Waals surface area contributed by atoms with Crippen LogP contribution in [0.4, 0.5) is 5.95 Å². The van der Waals surface area contributed by atoms with Crippen molar-refractivity contribution in [1.29, 1.82) is 0 Å². The first-order valence-corrected chi connectivity index (χ1v) is 5.66. The molecular formula is C10H13ClN4O2. The Bertz CT molecular complexity index is 440. The fourth-order valence-electron chi connectivity index (χ4n) is 1.72. The van der Waals surface area contributed by atoms with Crippen LogP contribution in [0.1, 0.15) is 5.56 Å². The third-order valence-corrected chi connectivity index (χ3v) is 3.07. The highest BCUT2D eigenvalue weighted by Gasteiger charge is 2.30. The van der Waals surface area contributed by atoms with E-state index in [9.17, 15) is 4.79 Å². The van der Waals surface area contributed by atoms with Gasteiger partial charge in [0.15, 0.2) is 0 Å². The molecule has 6 nitrogen and oxygen atoms in total. The van der Waals surface area contributed by atoms with Crippen LogP contribution in [0.5, 0.6) is 0 Å². The second-order valence-corrected chi connectivity index (χ2v) is 4.25. The fourth-order valence-corrected chi connectivity index (χ4v) is 1.84. The van der Waals surface area contributed by atoms with Crippen LogP contribution in [0.25, 0.3) is 0 Å².